The minimum Gasteiger partial charge on any atom is -0.267 e. The average Bonchev–Trinajstić information content (AvgIpc) is 2.39. The van der Waals surface area contributed by atoms with Crippen LogP contribution in [0.5, 0.6) is 0 Å². The smallest absolute Gasteiger partial charge is 0.267 e. The Morgan fingerprint density at radius 3 is 2.24 bits per heavy atom. The van der Waals surface area contributed by atoms with E-state index in [2.05, 4.69) is 0 Å². The van der Waals surface area contributed by atoms with Gasteiger partial charge >= 0.3 is 0 Å². The fraction of sp³-hybridized carbons (Fsp3) is 0.0714. The first-order valence-electron chi connectivity index (χ1n) is 5.40. The van der Waals surface area contributed by atoms with Crippen molar-refractivity contribution in [3.05, 3.63) is 65.7 Å². The van der Waals surface area contributed by atoms with Crippen LogP contribution in [0.4, 0.5) is 5.69 Å². The summed E-state index contributed by atoms with van der Waals surface area (Å²) in [4.78, 5) is 12.2. The van der Waals surface area contributed by atoms with E-state index >= 15 is 0 Å². The maximum Gasteiger partial charge on any atom is 0.272 e. The molecule has 1 amide bonds. The molecule has 0 spiro atoms. The second-order valence-electron chi connectivity index (χ2n) is 3.83. The van der Waals surface area contributed by atoms with Crippen molar-refractivity contribution in [2.75, 3.05) is 5.01 Å². The highest BCUT2D eigenvalue weighted by atomic mass is 16.2. The number of para-hydroxylation sites is 1. The summed E-state index contributed by atoms with van der Waals surface area (Å²) in [6.07, 6.45) is 0. The summed E-state index contributed by atoms with van der Waals surface area (Å²) in [6.45, 7) is 1.89. The number of carbonyl (C=O) groups is 1. The molecule has 86 valence electrons. The van der Waals surface area contributed by atoms with Gasteiger partial charge in [-0.15, -0.1) is 0 Å². The molecule has 0 fully saturated rings. The van der Waals surface area contributed by atoms with Gasteiger partial charge in [0.1, 0.15) is 0 Å². The number of hydrogen-bond acceptors (Lipinski definition) is 2. The fourth-order valence-corrected chi connectivity index (χ4v) is 1.65. The van der Waals surface area contributed by atoms with Gasteiger partial charge in [0.2, 0.25) is 0 Å². The highest BCUT2D eigenvalue weighted by Gasteiger charge is 2.15. The second-order valence-corrected chi connectivity index (χ2v) is 3.83. The molecular formula is C14H14N2O. The zero-order chi connectivity index (χ0) is 12.3. The van der Waals surface area contributed by atoms with E-state index in [1.165, 1.54) is 5.01 Å². The summed E-state index contributed by atoms with van der Waals surface area (Å²) in [5, 5.41) is 1.17. The van der Waals surface area contributed by atoms with Gasteiger partial charge in [-0.2, -0.15) is 0 Å². The van der Waals surface area contributed by atoms with E-state index in [1.54, 1.807) is 18.2 Å². The van der Waals surface area contributed by atoms with Crippen LogP contribution in [0.25, 0.3) is 0 Å². The van der Waals surface area contributed by atoms with E-state index in [9.17, 15) is 4.79 Å². The van der Waals surface area contributed by atoms with Gasteiger partial charge in [-0.1, -0.05) is 36.4 Å². The molecule has 2 aromatic rings. The zero-order valence-corrected chi connectivity index (χ0v) is 9.63. The summed E-state index contributed by atoms with van der Waals surface area (Å²) in [5.41, 5.74) is 2.23. The topological polar surface area (TPSA) is 46.3 Å². The molecule has 0 radical (unpaired) electrons. The van der Waals surface area contributed by atoms with Crippen LogP contribution >= 0.6 is 0 Å². The van der Waals surface area contributed by atoms with Crippen molar-refractivity contribution in [3.8, 4) is 0 Å². The predicted octanol–water partition coefficient (Wildman–Crippen LogP) is 2.52. The molecule has 0 aromatic heterocycles. The Hall–Kier alpha value is -2.13. The number of anilines is 1. The zero-order valence-electron chi connectivity index (χ0n) is 9.63. The van der Waals surface area contributed by atoms with Gasteiger partial charge in [0.15, 0.2) is 0 Å². The molecule has 0 aliphatic rings. The first-order chi connectivity index (χ1) is 8.20. The molecule has 3 heteroatoms. The van der Waals surface area contributed by atoms with Crippen LogP contribution < -0.4 is 10.9 Å². The minimum atomic E-state index is -0.200. The molecule has 17 heavy (non-hydrogen) atoms. The number of hydrogen-bond donors (Lipinski definition) is 1. The Bertz CT molecular complexity index is 523. The van der Waals surface area contributed by atoms with Crippen LogP contribution in [-0.2, 0) is 0 Å². The minimum absolute atomic E-state index is 0.200. The molecule has 3 nitrogen and oxygen atoms in total. The molecule has 0 atom stereocenters. The maximum absolute atomic E-state index is 12.2. The van der Waals surface area contributed by atoms with Crippen molar-refractivity contribution in [1.82, 2.24) is 0 Å². The molecule has 0 saturated heterocycles. The van der Waals surface area contributed by atoms with Gasteiger partial charge in [0, 0.05) is 5.56 Å². The molecule has 2 N–H and O–H groups in total. The molecular weight excluding hydrogens is 212 g/mol. The Labute approximate surface area is 100 Å². The van der Waals surface area contributed by atoms with Crippen molar-refractivity contribution in [2.24, 2.45) is 5.84 Å². The molecule has 2 aromatic carbocycles. The van der Waals surface area contributed by atoms with Crippen LogP contribution in [0.15, 0.2) is 54.6 Å². The number of nitrogens with zero attached hydrogens (tertiary/aromatic N) is 1. The van der Waals surface area contributed by atoms with Gasteiger partial charge < -0.3 is 0 Å². The number of benzene rings is 2. The van der Waals surface area contributed by atoms with E-state index in [1.807, 2.05) is 43.3 Å². The van der Waals surface area contributed by atoms with E-state index in [0.717, 1.165) is 5.56 Å². The number of carbonyl (C=O) groups excluding carboxylic acids is 1. The summed E-state index contributed by atoms with van der Waals surface area (Å²) in [6, 6.07) is 16.6. The normalized spacial score (nSPS) is 10.0. The summed E-state index contributed by atoms with van der Waals surface area (Å²) in [7, 11) is 0. The van der Waals surface area contributed by atoms with Crippen LogP contribution in [0, 0.1) is 6.92 Å². The molecule has 0 bridgehead atoms. The van der Waals surface area contributed by atoms with Crippen LogP contribution in [0.2, 0.25) is 0 Å². The Morgan fingerprint density at radius 1 is 1.00 bits per heavy atom. The summed E-state index contributed by atoms with van der Waals surface area (Å²) >= 11 is 0. The van der Waals surface area contributed by atoms with Gasteiger partial charge in [-0.3, -0.25) is 4.79 Å². The monoisotopic (exact) mass is 226 g/mol. The van der Waals surface area contributed by atoms with E-state index < -0.39 is 0 Å². The van der Waals surface area contributed by atoms with Crippen molar-refractivity contribution in [3.63, 3.8) is 0 Å². The summed E-state index contributed by atoms with van der Waals surface area (Å²) < 4.78 is 0. The van der Waals surface area contributed by atoms with Crippen LogP contribution in [-0.4, -0.2) is 5.91 Å². The molecule has 2 rings (SSSR count). The van der Waals surface area contributed by atoms with E-state index in [0.29, 0.717) is 11.3 Å². The van der Waals surface area contributed by atoms with Gasteiger partial charge in [-0.05, 0) is 30.7 Å². The fourth-order valence-electron chi connectivity index (χ4n) is 1.65. The number of aryl methyl sites for hydroxylation is 1. The van der Waals surface area contributed by atoms with Crippen LogP contribution in [0.3, 0.4) is 0 Å². The quantitative estimate of drug-likeness (QED) is 0.486. The van der Waals surface area contributed by atoms with E-state index in [-0.39, 0.29) is 5.91 Å². The van der Waals surface area contributed by atoms with Gasteiger partial charge in [0.05, 0.1) is 5.69 Å². The average molecular weight is 226 g/mol. The van der Waals surface area contributed by atoms with Crippen LogP contribution in [0.1, 0.15) is 15.9 Å². The molecule has 0 aliphatic carbocycles. The lowest BCUT2D eigenvalue weighted by atomic mass is 10.1. The third-order valence-electron chi connectivity index (χ3n) is 2.63. The van der Waals surface area contributed by atoms with Crippen molar-refractivity contribution < 1.29 is 4.79 Å². The van der Waals surface area contributed by atoms with Gasteiger partial charge in [0.25, 0.3) is 5.91 Å². The maximum atomic E-state index is 12.2. The lowest BCUT2D eigenvalue weighted by Gasteiger charge is -2.17. The lowest BCUT2D eigenvalue weighted by Crippen LogP contribution is -2.37. The van der Waals surface area contributed by atoms with Crippen molar-refractivity contribution >= 4 is 11.6 Å². The Morgan fingerprint density at radius 2 is 1.59 bits per heavy atom. The van der Waals surface area contributed by atoms with Crippen molar-refractivity contribution in [1.29, 1.82) is 0 Å². The summed E-state index contributed by atoms with van der Waals surface area (Å²) in [5.74, 6) is 5.62. The predicted molar refractivity (Wildman–Crippen MR) is 68.6 cm³/mol. The largest absolute Gasteiger partial charge is 0.272 e. The molecule has 0 unspecified atom stereocenters. The number of amides is 1. The number of rotatable bonds is 2. The SMILES string of the molecule is Cc1ccccc1C(=O)N(N)c1ccccc1. The van der Waals surface area contributed by atoms with E-state index in [4.69, 9.17) is 5.84 Å². The molecule has 0 saturated carbocycles. The third-order valence-corrected chi connectivity index (χ3v) is 2.63. The highest BCUT2D eigenvalue weighted by molar-refractivity contribution is 6.06. The number of hydrazine groups is 1. The Balaban J connectivity index is 2.30. The second kappa shape index (κ2) is 4.80. The first-order valence-corrected chi connectivity index (χ1v) is 5.40. The first kappa shape index (κ1) is 11.4. The lowest BCUT2D eigenvalue weighted by molar-refractivity contribution is 0.0986. The standard InChI is InChI=1S/C14H14N2O/c1-11-7-5-6-10-13(11)14(17)16(15)12-8-3-2-4-9-12/h2-10H,15H2,1H3. The third kappa shape index (κ3) is 2.34. The number of nitrogens with two attached hydrogens (primary N) is 1. The molecule has 0 aliphatic heterocycles. The Kier molecular flexibility index (Phi) is 3.21. The highest BCUT2D eigenvalue weighted by Crippen LogP contribution is 2.15. The van der Waals surface area contributed by atoms with Crippen molar-refractivity contribution in [2.45, 2.75) is 6.92 Å². The molecule has 0 heterocycles. The van der Waals surface area contributed by atoms with Gasteiger partial charge in [-0.25, -0.2) is 10.9 Å².